The Hall–Kier alpha value is -3.15. The number of fused-ring (bicyclic) bond motifs is 1. The Labute approximate surface area is 170 Å². The maximum absolute atomic E-state index is 13.0. The van der Waals surface area contributed by atoms with Gasteiger partial charge < -0.3 is 20.0 Å². The molecule has 1 N–H and O–H groups in total. The normalized spacial score (nSPS) is 19.1. The average molecular weight is 393 g/mol. The molecule has 3 rings (SSSR count). The Balaban J connectivity index is 1.86. The number of nitrogens with one attached hydrogen (secondary N) is 1. The first kappa shape index (κ1) is 20.6. The summed E-state index contributed by atoms with van der Waals surface area (Å²) in [7, 11) is 0. The quantitative estimate of drug-likeness (QED) is 0.771. The van der Waals surface area contributed by atoms with E-state index in [1.54, 1.807) is 6.92 Å². The fraction of sp³-hybridized carbons (Fsp3) is 0.348. The number of nitrogens with zero attached hydrogens (tertiary/aromatic N) is 1. The van der Waals surface area contributed by atoms with Gasteiger partial charge in [-0.2, -0.15) is 0 Å². The summed E-state index contributed by atoms with van der Waals surface area (Å²) >= 11 is 0. The van der Waals surface area contributed by atoms with E-state index in [9.17, 15) is 14.7 Å². The van der Waals surface area contributed by atoms with E-state index in [1.165, 1.54) is 0 Å². The third-order valence-corrected chi connectivity index (χ3v) is 5.16. The molecule has 29 heavy (non-hydrogen) atoms. The number of carbonyl (C=O) groups excluding carboxylic acids is 2. The van der Waals surface area contributed by atoms with Crippen molar-refractivity contribution in [3.63, 3.8) is 0 Å². The van der Waals surface area contributed by atoms with E-state index < -0.39 is 12.0 Å². The number of benzene rings is 1. The number of hydrogen-bond donors (Lipinski definition) is 1. The molecule has 0 spiro atoms. The average Bonchev–Trinajstić information content (AvgIpc) is 2.67. The molecule has 1 aromatic rings. The standard InChI is InChI=1S/C23H26N2O4/c1-4-29-20-11-7-9-16-12-18(15(3)24-22(16)20)23(28)25-19(13-21(26)27)17-10-6-5-8-14(17)2/h5-11,16,19H,4,12-13H2,1-3H3,(H,25,28)(H,26,27)/p-1/t16?,19-/m0/s1. The lowest BCUT2D eigenvalue weighted by Gasteiger charge is -2.28. The SMILES string of the molecule is CCOC1=CC=CC2CC(C(=O)N[C@@H](CC(=O)[O-])c3ccccc3C)=C(C)N=C12. The van der Waals surface area contributed by atoms with Crippen LogP contribution >= 0.6 is 0 Å². The lowest BCUT2D eigenvalue weighted by atomic mass is 9.86. The van der Waals surface area contributed by atoms with Gasteiger partial charge in [-0.25, -0.2) is 0 Å². The molecule has 1 aliphatic heterocycles. The van der Waals surface area contributed by atoms with Gasteiger partial charge in [0.1, 0.15) is 5.76 Å². The van der Waals surface area contributed by atoms with Crippen molar-refractivity contribution in [2.45, 2.75) is 39.7 Å². The minimum absolute atomic E-state index is 0.0379. The largest absolute Gasteiger partial charge is 0.550 e. The molecule has 1 aromatic carbocycles. The van der Waals surface area contributed by atoms with E-state index in [0.29, 0.717) is 24.3 Å². The van der Waals surface area contributed by atoms with Crippen LogP contribution in [0.4, 0.5) is 0 Å². The van der Waals surface area contributed by atoms with E-state index in [0.717, 1.165) is 22.6 Å². The number of rotatable bonds is 7. The molecule has 0 aromatic heterocycles. The Bertz CT molecular complexity index is 940. The predicted octanol–water partition coefficient (Wildman–Crippen LogP) is 2.52. The maximum Gasteiger partial charge on any atom is 0.249 e. The topological polar surface area (TPSA) is 90.8 Å². The van der Waals surface area contributed by atoms with Crippen LogP contribution < -0.4 is 10.4 Å². The molecule has 0 saturated carbocycles. The van der Waals surface area contributed by atoms with Gasteiger partial charge in [0.25, 0.3) is 0 Å². The van der Waals surface area contributed by atoms with Crippen molar-refractivity contribution in [1.29, 1.82) is 0 Å². The number of ether oxygens (including phenoxy) is 1. The predicted molar refractivity (Wildman–Crippen MR) is 109 cm³/mol. The van der Waals surface area contributed by atoms with Crippen LogP contribution in [-0.2, 0) is 14.3 Å². The number of carboxylic acid groups (broad SMARTS) is 1. The van der Waals surface area contributed by atoms with Crippen LogP contribution in [0.1, 0.15) is 43.9 Å². The second kappa shape index (κ2) is 8.90. The monoisotopic (exact) mass is 393 g/mol. The first-order valence-electron chi connectivity index (χ1n) is 9.77. The lowest BCUT2D eigenvalue weighted by Crippen LogP contribution is -2.37. The van der Waals surface area contributed by atoms with E-state index in [2.05, 4.69) is 10.3 Å². The highest BCUT2D eigenvalue weighted by molar-refractivity contribution is 6.06. The molecule has 1 heterocycles. The van der Waals surface area contributed by atoms with Gasteiger partial charge >= 0.3 is 0 Å². The van der Waals surface area contributed by atoms with Crippen molar-refractivity contribution in [3.05, 3.63) is 70.6 Å². The zero-order valence-corrected chi connectivity index (χ0v) is 16.9. The summed E-state index contributed by atoms with van der Waals surface area (Å²) in [5.41, 5.74) is 3.68. The number of amides is 1. The number of carbonyl (C=O) groups is 2. The highest BCUT2D eigenvalue weighted by Gasteiger charge is 2.30. The molecule has 0 saturated heterocycles. The molecule has 2 atom stereocenters. The number of aliphatic imine (C=N–C) groups is 1. The maximum atomic E-state index is 13.0. The molecule has 1 amide bonds. The van der Waals surface area contributed by atoms with Gasteiger partial charge in [-0.3, -0.25) is 9.79 Å². The van der Waals surface area contributed by atoms with Gasteiger partial charge in [0.15, 0.2) is 0 Å². The summed E-state index contributed by atoms with van der Waals surface area (Å²) in [5, 5.41) is 14.2. The van der Waals surface area contributed by atoms with Crippen molar-refractivity contribution in [3.8, 4) is 0 Å². The Morgan fingerprint density at radius 3 is 2.76 bits per heavy atom. The molecule has 0 fully saturated rings. The van der Waals surface area contributed by atoms with Crippen LogP contribution in [-0.4, -0.2) is 24.2 Å². The van der Waals surface area contributed by atoms with Crippen molar-refractivity contribution in [1.82, 2.24) is 5.32 Å². The number of carboxylic acids is 1. The molecular formula is C23H25N2O4-. The highest BCUT2D eigenvalue weighted by atomic mass is 16.5. The summed E-state index contributed by atoms with van der Waals surface area (Å²) in [5.74, 6) is -0.826. The summed E-state index contributed by atoms with van der Waals surface area (Å²) in [6, 6.07) is 6.75. The van der Waals surface area contributed by atoms with E-state index in [4.69, 9.17) is 4.74 Å². The van der Waals surface area contributed by atoms with Crippen LogP contribution in [0.5, 0.6) is 0 Å². The fourth-order valence-corrected chi connectivity index (χ4v) is 3.72. The second-order valence-corrected chi connectivity index (χ2v) is 7.18. The van der Waals surface area contributed by atoms with Gasteiger partial charge in [0, 0.05) is 29.6 Å². The van der Waals surface area contributed by atoms with Gasteiger partial charge in [0.2, 0.25) is 5.91 Å². The number of aryl methyl sites for hydroxylation is 1. The summed E-state index contributed by atoms with van der Waals surface area (Å²) in [6.45, 7) is 6.15. The highest BCUT2D eigenvalue weighted by Crippen LogP contribution is 2.31. The number of aliphatic carboxylic acids is 1. The Kier molecular flexibility index (Phi) is 6.32. The lowest BCUT2D eigenvalue weighted by molar-refractivity contribution is -0.306. The summed E-state index contributed by atoms with van der Waals surface area (Å²) in [6.07, 6.45) is 5.99. The Morgan fingerprint density at radius 1 is 1.31 bits per heavy atom. The van der Waals surface area contributed by atoms with Crippen molar-refractivity contribution in [2.24, 2.45) is 10.9 Å². The molecule has 0 bridgehead atoms. The molecule has 1 aliphatic carbocycles. The molecule has 6 heteroatoms. The third kappa shape index (κ3) is 4.65. The van der Waals surface area contributed by atoms with Gasteiger partial charge in [-0.15, -0.1) is 0 Å². The molecule has 6 nitrogen and oxygen atoms in total. The van der Waals surface area contributed by atoms with E-state index >= 15 is 0 Å². The minimum atomic E-state index is -1.21. The minimum Gasteiger partial charge on any atom is -0.550 e. The second-order valence-electron chi connectivity index (χ2n) is 7.18. The first-order valence-corrected chi connectivity index (χ1v) is 9.77. The van der Waals surface area contributed by atoms with Gasteiger partial charge in [0.05, 0.1) is 18.4 Å². The zero-order valence-electron chi connectivity index (χ0n) is 16.9. The zero-order chi connectivity index (χ0) is 21.0. The molecule has 0 radical (unpaired) electrons. The van der Waals surface area contributed by atoms with Crippen LogP contribution in [0.15, 0.2) is 64.5 Å². The van der Waals surface area contributed by atoms with Crippen molar-refractivity contribution >= 4 is 17.6 Å². The number of hydrogen-bond acceptors (Lipinski definition) is 5. The van der Waals surface area contributed by atoms with Gasteiger partial charge in [-0.05, 0) is 44.4 Å². The summed E-state index contributed by atoms with van der Waals surface area (Å²) in [4.78, 5) is 28.9. The summed E-state index contributed by atoms with van der Waals surface area (Å²) < 4.78 is 5.66. The third-order valence-electron chi connectivity index (χ3n) is 5.16. The first-order chi connectivity index (χ1) is 13.9. The molecular weight excluding hydrogens is 368 g/mol. The molecule has 1 unspecified atom stereocenters. The fourth-order valence-electron chi connectivity index (χ4n) is 3.72. The van der Waals surface area contributed by atoms with E-state index in [1.807, 2.05) is 56.3 Å². The molecule has 152 valence electrons. The van der Waals surface area contributed by atoms with Crippen LogP contribution in [0.25, 0.3) is 0 Å². The number of allylic oxidation sites excluding steroid dienone is 5. The van der Waals surface area contributed by atoms with Gasteiger partial charge in [-0.1, -0.05) is 36.4 Å². The van der Waals surface area contributed by atoms with Crippen LogP contribution in [0.3, 0.4) is 0 Å². The smallest absolute Gasteiger partial charge is 0.249 e. The Morgan fingerprint density at radius 2 is 2.07 bits per heavy atom. The van der Waals surface area contributed by atoms with Crippen LogP contribution in [0.2, 0.25) is 0 Å². The van der Waals surface area contributed by atoms with Crippen molar-refractivity contribution in [2.75, 3.05) is 6.61 Å². The van der Waals surface area contributed by atoms with E-state index in [-0.39, 0.29) is 18.2 Å². The van der Waals surface area contributed by atoms with Crippen molar-refractivity contribution < 1.29 is 19.4 Å². The molecule has 2 aliphatic rings. The van der Waals surface area contributed by atoms with Crippen LogP contribution in [0, 0.1) is 12.8 Å².